The molecule has 0 radical (unpaired) electrons. The molecule has 0 atom stereocenters. The maximum Gasteiger partial charge on any atom is 0.346 e. The maximum atomic E-state index is 10.2. The number of carbonyl (C=O) groups is 3. The number of nitrogens with zero attached hydrogens (tertiary/aromatic N) is 2. The molecule has 0 aromatic rings. The molecule has 0 saturated carbocycles. The molecule has 0 aliphatic rings. The van der Waals surface area contributed by atoms with Gasteiger partial charge in [-0.1, -0.05) is 41.2 Å². The third kappa shape index (κ3) is 30.4. The van der Waals surface area contributed by atoms with Crippen molar-refractivity contribution in [1.82, 2.24) is 0 Å². The summed E-state index contributed by atoms with van der Waals surface area (Å²) >= 11 is 0. The minimum absolute atomic E-state index is 0. The molecule has 22 heavy (non-hydrogen) atoms. The quantitative estimate of drug-likeness (QED) is 0.462. The zero-order chi connectivity index (χ0) is 17.4. The number of hydrogen-bond acceptors (Lipinski definition) is 5. The van der Waals surface area contributed by atoms with Gasteiger partial charge in [0.05, 0.1) is 6.07 Å². The molecule has 0 heterocycles. The average molecular weight is 312 g/mol. The molecule has 0 aliphatic heterocycles. The van der Waals surface area contributed by atoms with E-state index >= 15 is 0 Å². The Bertz CT molecular complexity index is 440. The Morgan fingerprint density at radius 1 is 1.09 bits per heavy atom. The highest BCUT2D eigenvalue weighted by Gasteiger charge is 2.04. The molecular formula is C15H24N2O5. The molecular weight excluding hydrogens is 288 g/mol. The lowest BCUT2D eigenvalue weighted by Gasteiger charge is -1.93. The smallest absolute Gasteiger partial charge is 0.346 e. The fraction of sp³-hybridized carbons (Fsp3) is 0.533. The minimum Gasteiger partial charge on any atom is -0.480 e. The minimum atomic E-state index is -1.16. The number of hydrogen-bond donors (Lipinski definition) is 2. The van der Waals surface area contributed by atoms with Gasteiger partial charge in [-0.15, -0.1) is 0 Å². The van der Waals surface area contributed by atoms with Gasteiger partial charge in [0.15, 0.2) is 0 Å². The highest BCUT2D eigenvalue weighted by molar-refractivity contribution is 5.90. The van der Waals surface area contributed by atoms with Gasteiger partial charge in [-0.25, -0.2) is 4.79 Å². The Labute approximate surface area is 131 Å². The van der Waals surface area contributed by atoms with Gasteiger partial charge >= 0.3 is 11.9 Å². The lowest BCUT2D eigenvalue weighted by Crippen LogP contribution is -1.99. The maximum absolute atomic E-state index is 10.2. The molecule has 0 amide bonds. The van der Waals surface area contributed by atoms with E-state index in [1.54, 1.807) is 6.07 Å². The number of carbonyl (C=O) groups excluding carboxylic acids is 1. The zero-order valence-corrected chi connectivity index (χ0v) is 12.5. The zero-order valence-electron chi connectivity index (χ0n) is 12.5. The summed E-state index contributed by atoms with van der Waals surface area (Å²) in [5.74, 6) is -1.92. The van der Waals surface area contributed by atoms with Gasteiger partial charge in [-0.05, 0) is 5.92 Å². The fourth-order valence-electron chi connectivity index (χ4n) is 0.557. The highest BCUT2D eigenvalue weighted by atomic mass is 16.4. The van der Waals surface area contributed by atoms with E-state index in [4.69, 9.17) is 20.7 Å². The van der Waals surface area contributed by atoms with Gasteiger partial charge in [0.25, 0.3) is 0 Å². The van der Waals surface area contributed by atoms with Crippen LogP contribution in [0.4, 0.5) is 0 Å². The number of nitriles is 2. The van der Waals surface area contributed by atoms with Gasteiger partial charge in [-0.3, -0.25) is 4.79 Å². The van der Waals surface area contributed by atoms with Crippen LogP contribution in [0.2, 0.25) is 0 Å². The second kappa shape index (κ2) is 18.3. The molecule has 7 nitrogen and oxygen atoms in total. The summed E-state index contributed by atoms with van der Waals surface area (Å²) in [6.45, 7) is 7.35. The lowest BCUT2D eigenvalue weighted by molar-refractivity contribution is -0.136. The molecule has 0 saturated heterocycles. The monoisotopic (exact) mass is 312 g/mol. The predicted molar refractivity (Wildman–Crippen MR) is 81.7 cm³/mol. The molecule has 124 valence electrons. The van der Waals surface area contributed by atoms with Gasteiger partial charge in [0, 0.05) is 5.92 Å². The Morgan fingerprint density at radius 3 is 1.55 bits per heavy atom. The number of rotatable bonds is 4. The van der Waals surface area contributed by atoms with Crippen molar-refractivity contribution in [2.24, 2.45) is 11.8 Å². The first-order valence-electron chi connectivity index (χ1n) is 6.01. The highest BCUT2D eigenvalue weighted by Crippen LogP contribution is 2.00. The third-order valence-electron chi connectivity index (χ3n) is 1.35. The van der Waals surface area contributed by atoms with Gasteiger partial charge < -0.3 is 15.0 Å². The summed E-state index contributed by atoms with van der Waals surface area (Å²) < 4.78 is 0. The summed E-state index contributed by atoms with van der Waals surface area (Å²) in [6.07, 6.45) is 1.93. The van der Waals surface area contributed by atoms with E-state index in [9.17, 15) is 14.4 Å². The largest absolute Gasteiger partial charge is 0.480 e. The van der Waals surface area contributed by atoms with E-state index in [2.05, 4.69) is 0 Å². The molecule has 0 bridgehead atoms. The van der Waals surface area contributed by atoms with Crippen molar-refractivity contribution >= 4 is 18.2 Å². The average Bonchev–Trinajstić information content (AvgIpc) is 2.36. The lowest BCUT2D eigenvalue weighted by atomic mass is 10.1. The van der Waals surface area contributed by atoms with Crippen molar-refractivity contribution in [2.45, 2.75) is 41.5 Å². The summed E-state index contributed by atoms with van der Waals surface area (Å²) in [5.41, 5.74) is -0.185. The van der Waals surface area contributed by atoms with Crippen LogP contribution in [0.5, 0.6) is 0 Å². The second-order valence-electron chi connectivity index (χ2n) is 4.35. The first-order valence-corrected chi connectivity index (χ1v) is 6.01. The molecule has 0 rings (SSSR count). The van der Waals surface area contributed by atoms with E-state index in [1.165, 1.54) is 12.1 Å². The standard InChI is InChI=1S/C7H9NO2.C4H8O.C3H3NO2.CH4/c1-5(2)3-6(4-8)7(9)10;1-4(2)3-5;4-2-1-3(5)6;/h3,5H,1-2H3,(H,9,10);3-4H,1-2H3;1H2,(H,5,6);1H4. The molecule has 0 fully saturated rings. The van der Waals surface area contributed by atoms with Crippen molar-refractivity contribution in [2.75, 3.05) is 0 Å². The predicted octanol–water partition coefficient (Wildman–Crippen LogP) is 2.64. The molecule has 0 aromatic carbocycles. The van der Waals surface area contributed by atoms with Gasteiger partial charge in [-0.2, -0.15) is 10.5 Å². The van der Waals surface area contributed by atoms with Crippen LogP contribution in [0.15, 0.2) is 11.6 Å². The molecule has 0 spiro atoms. The summed E-state index contributed by atoms with van der Waals surface area (Å²) in [4.78, 5) is 29.1. The van der Waals surface area contributed by atoms with Crippen LogP contribution in [0, 0.1) is 34.5 Å². The summed E-state index contributed by atoms with van der Waals surface area (Å²) in [7, 11) is 0. The molecule has 2 N–H and O–H groups in total. The van der Waals surface area contributed by atoms with Crippen molar-refractivity contribution in [3.63, 3.8) is 0 Å². The van der Waals surface area contributed by atoms with Gasteiger partial charge in [0.1, 0.15) is 24.3 Å². The fourth-order valence-corrected chi connectivity index (χ4v) is 0.557. The van der Waals surface area contributed by atoms with Crippen LogP contribution in [-0.4, -0.2) is 28.4 Å². The van der Waals surface area contributed by atoms with E-state index in [1.807, 2.05) is 27.7 Å². The van der Waals surface area contributed by atoms with Crippen molar-refractivity contribution in [3.8, 4) is 12.1 Å². The second-order valence-corrected chi connectivity index (χ2v) is 4.35. The van der Waals surface area contributed by atoms with Crippen LogP contribution < -0.4 is 0 Å². The number of aldehydes is 1. The summed E-state index contributed by atoms with van der Waals surface area (Å²) in [5, 5.41) is 31.9. The number of carboxylic acids is 2. The van der Waals surface area contributed by atoms with E-state index in [0.717, 1.165) is 6.29 Å². The molecule has 0 aromatic heterocycles. The van der Waals surface area contributed by atoms with Crippen molar-refractivity contribution < 1.29 is 24.6 Å². The number of aliphatic carboxylic acids is 2. The van der Waals surface area contributed by atoms with Crippen LogP contribution in [0.3, 0.4) is 0 Å². The van der Waals surface area contributed by atoms with Gasteiger partial charge in [0.2, 0.25) is 0 Å². The summed E-state index contributed by atoms with van der Waals surface area (Å²) in [6, 6.07) is 3.06. The first kappa shape index (κ1) is 27.6. The molecule has 0 aliphatic carbocycles. The van der Waals surface area contributed by atoms with Crippen molar-refractivity contribution in [3.05, 3.63) is 11.6 Å². The van der Waals surface area contributed by atoms with E-state index in [-0.39, 0.29) is 24.8 Å². The molecule has 7 heteroatoms. The van der Waals surface area contributed by atoms with Crippen LogP contribution >= 0.6 is 0 Å². The van der Waals surface area contributed by atoms with Crippen LogP contribution in [0.1, 0.15) is 41.5 Å². The topological polar surface area (TPSA) is 139 Å². The van der Waals surface area contributed by atoms with Crippen LogP contribution in [0.25, 0.3) is 0 Å². The van der Waals surface area contributed by atoms with Crippen molar-refractivity contribution in [1.29, 1.82) is 10.5 Å². The Hall–Kier alpha value is -2.67. The Balaban J connectivity index is -0.000000117. The van der Waals surface area contributed by atoms with E-state index < -0.39 is 18.4 Å². The van der Waals surface area contributed by atoms with E-state index in [0.29, 0.717) is 0 Å². The molecule has 0 unspecified atom stereocenters. The number of carboxylic acid groups (broad SMARTS) is 2. The Kier molecular flexibility index (Phi) is 23.0. The Morgan fingerprint density at radius 2 is 1.50 bits per heavy atom. The SMILES string of the molecule is C.CC(C)C=C(C#N)C(=O)O.CC(C)C=O.N#CCC(=O)O. The van der Waals surface area contributed by atoms with Crippen LogP contribution in [-0.2, 0) is 14.4 Å². The first-order chi connectivity index (χ1) is 9.61. The number of allylic oxidation sites excluding steroid dienone is 1. The third-order valence-corrected chi connectivity index (χ3v) is 1.35. The normalized spacial score (nSPS) is 8.82.